The average Bonchev–Trinajstić information content (AvgIpc) is 2.85. The van der Waals surface area contributed by atoms with Crippen molar-refractivity contribution < 1.29 is 9.53 Å². The maximum atomic E-state index is 11.8. The molecule has 0 atom stereocenters. The van der Waals surface area contributed by atoms with Gasteiger partial charge in [0.15, 0.2) is 5.17 Å². The van der Waals surface area contributed by atoms with Crippen LogP contribution in [-0.4, -0.2) is 35.5 Å². The van der Waals surface area contributed by atoms with E-state index in [0.29, 0.717) is 19.7 Å². The summed E-state index contributed by atoms with van der Waals surface area (Å²) in [6, 6.07) is 9.65. The van der Waals surface area contributed by atoms with E-state index in [1.54, 1.807) is 4.90 Å². The number of amides is 1. The van der Waals surface area contributed by atoms with E-state index in [0.717, 1.165) is 10.7 Å². The predicted octanol–water partition coefficient (Wildman–Crippen LogP) is 2.36. The zero-order chi connectivity index (χ0) is 12.1. The monoisotopic (exact) mass is 250 g/mol. The Hall–Kier alpha value is -1.49. The van der Waals surface area contributed by atoms with E-state index in [-0.39, 0.29) is 6.09 Å². The molecule has 1 aromatic rings. The van der Waals surface area contributed by atoms with E-state index in [2.05, 4.69) is 4.99 Å². The minimum Gasteiger partial charge on any atom is -0.444 e. The summed E-state index contributed by atoms with van der Waals surface area (Å²) in [6.07, 6.45) is 1.58. The van der Waals surface area contributed by atoms with Crippen LogP contribution in [0, 0.1) is 0 Å². The molecule has 4 nitrogen and oxygen atoms in total. The number of carbonyl (C=O) groups excluding carboxylic acids is 1. The minimum absolute atomic E-state index is 0.303. The summed E-state index contributed by atoms with van der Waals surface area (Å²) in [7, 11) is 0. The molecule has 0 saturated heterocycles. The molecule has 1 aliphatic rings. The van der Waals surface area contributed by atoms with Crippen molar-refractivity contribution in [2.75, 3.05) is 19.3 Å². The standard InChI is InChI=1S/C12H14N2O2S/c1-17-11-13-7-8-14(11)12(15)16-9-10-5-3-2-4-6-10/h2-6H,7-9H2,1H3. The SMILES string of the molecule is CSC1=NCCN1C(=O)OCc1ccccc1. The number of carbonyl (C=O) groups is 1. The number of hydrogen-bond donors (Lipinski definition) is 0. The number of rotatable bonds is 2. The Morgan fingerprint density at radius 3 is 2.94 bits per heavy atom. The van der Waals surface area contributed by atoms with Crippen LogP contribution in [0.1, 0.15) is 5.56 Å². The van der Waals surface area contributed by atoms with Gasteiger partial charge in [0.2, 0.25) is 0 Å². The van der Waals surface area contributed by atoms with E-state index < -0.39 is 0 Å². The van der Waals surface area contributed by atoms with Gasteiger partial charge >= 0.3 is 6.09 Å². The molecule has 1 heterocycles. The Morgan fingerprint density at radius 2 is 2.24 bits per heavy atom. The van der Waals surface area contributed by atoms with Gasteiger partial charge in [-0.05, 0) is 11.8 Å². The topological polar surface area (TPSA) is 41.9 Å². The van der Waals surface area contributed by atoms with Crippen molar-refractivity contribution in [3.8, 4) is 0 Å². The van der Waals surface area contributed by atoms with Crippen LogP contribution in [0.15, 0.2) is 35.3 Å². The average molecular weight is 250 g/mol. The molecule has 0 aromatic heterocycles. The molecule has 1 aliphatic heterocycles. The van der Waals surface area contributed by atoms with Gasteiger partial charge in [-0.1, -0.05) is 42.1 Å². The molecule has 17 heavy (non-hydrogen) atoms. The van der Waals surface area contributed by atoms with Crippen molar-refractivity contribution in [3.63, 3.8) is 0 Å². The summed E-state index contributed by atoms with van der Waals surface area (Å²) in [5.74, 6) is 0. The number of nitrogens with zero attached hydrogens (tertiary/aromatic N) is 2. The lowest BCUT2D eigenvalue weighted by molar-refractivity contribution is 0.119. The highest BCUT2D eigenvalue weighted by molar-refractivity contribution is 8.13. The number of thioether (sulfide) groups is 1. The van der Waals surface area contributed by atoms with Gasteiger partial charge in [-0.2, -0.15) is 0 Å². The van der Waals surface area contributed by atoms with Crippen LogP contribution in [-0.2, 0) is 11.3 Å². The molecule has 90 valence electrons. The number of amidine groups is 1. The normalized spacial score (nSPS) is 14.6. The third-order valence-electron chi connectivity index (χ3n) is 2.41. The number of hydrogen-bond acceptors (Lipinski definition) is 4. The molecular weight excluding hydrogens is 236 g/mol. The van der Waals surface area contributed by atoms with E-state index in [4.69, 9.17) is 4.74 Å². The van der Waals surface area contributed by atoms with Gasteiger partial charge in [-0.15, -0.1) is 0 Å². The molecule has 0 fully saturated rings. The van der Waals surface area contributed by atoms with Gasteiger partial charge in [-0.3, -0.25) is 9.89 Å². The molecule has 0 aliphatic carbocycles. The maximum absolute atomic E-state index is 11.8. The van der Waals surface area contributed by atoms with Crippen LogP contribution in [0.4, 0.5) is 4.79 Å². The molecule has 0 unspecified atom stereocenters. The van der Waals surface area contributed by atoms with Gasteiger partial charge in [0, 0.05) is 0 Å². The molecule has 0 bridgehead atoms. The Balaban J connectivity index is 1.88. The second-order valence-corrected chi connectivity index (χ2v) is 4.33. The Kier molecular flexibility index (Phi) is 4.03. The van der Waals surface area contributed by atoms with Gasteiger partial charge < -0.3 is 4.74 Å². The van der Waals surface area contributed by atoms with Crippen molar-refractivity contribution >= 4 is 23.0 Å². The Labute approximate surface area is 105 Å². The molecule has 1 aromatic carbocycles. The van der Waals surface area contributed by atoms with Crippen LogP contribution in [0.3, 0.4) is 0 Å². The van der Waals surface area contributed by atoms with Crippen molar-refractivity contribution in [1.82, 2.24) is 4.90 Å². The molecule has 0 spiro atoms. The first-order chi connectivity index (χ1) is 8.31. The van der Waals surface area contributed by atoms with E-state index >= 15 is 0 Å². The second-order valence-electron chi connectivity index (χ2n) is 3.56. The lowest BCUT2D eigenvalue weighted by Crippen LogP contribution is -2.33. The van der Waals surface area contributed by atoms with Crippen molar-refractivity contribution in [2.24, 2.45) is 4.99 Å². The van der Waals surface area contributed by atoms with Gasteiger partial charge in [0.1, 0.15) is 6.61 Å². The fourth-order valence-electron chi connectivity index (χ4n) is 1.57. The summed E-state index contributed by atoms with van der Waals surface area (Å²) in [6.45, 7) is 1.58. The summed E-state index contributed by atoms with van der Waals surface area (Å²) >= 11 is 1.47. The summed E-state index contributed by atoms with van der Waals surface area (Å²) in [5, 5.41) is 0.739. The largest absolute Gasteiger partial charge is 0.444 e. The zero-order valence-electron chi connectivity index (χ0n) is 9.63. The molecule has 5 heteroatoms. The van der Waals surface area contributed by atoms with Crippen molar-refractivity contribution in [1.29, 1.82) is 0 Å². The highest BCUT2D eigenvalue weighted by Gasteiger charge is 2.24. The van der Waals surface area contributed by atoms with Crippen LogP contribution < -0.4 is 0 Å². The quantitative estimate of drug-likeness (QED) is 0.809. The number of benzene rings is 1. The Bertz CT molecular complexity index is 420. The molecule has 1 amide bonds. The lowest BCUT2D eigenvalue weighted by atomic mass is 10.2. The molecule has 0 radical (unpaired) electrons. The molecule has 2 rings (SSSR count). The van der Waals surface area contributed by atoms with Crippen LogP contribution in [0.2, 0.25) is 0 Å². The highest BCUT2D eigenvalue weighted by atomic mass is 32.2. The lowest BCUT2D eigenvalue weighted by Gasteiger charge is -2.16. The predicted molar refractivity (Wildman–Crippen MR) is 69.2 cm³/mol. The Morgan fingerprint density at radius 1 is 1.47 bits per heavy atom. The third kappa shape index (κ3) is 3.00. The first-order valence-electron chi connectivity index (χ1n) is 5.38. The number of ether oxygens (including phenoxy) is 1. The molecular formula is C12H14N2O2S. The number of aliphatic imine (C=N–C) groups is 1. The van der Waals surface area contributed by atoms with Gasteiger partial charge in [-0.25, -0.2) is 4.79 Å². The second kappa shape index (κ2) is 5.72. The summed E-state index contributed by atoms with van der Waals surface area (Å²) in [4.78, 5) is 17.6. The summed E-state index contributed by atoms with van der Waals surface area (Å²) in [5.41, 5.74) is 0.989. The van der Waals surface area contributed by atoms with Crippen molar-refractivity contribution in [2.45, 2.75) is 6.61 Å². The van der Waals surface area contributed by atoms with E-state index in [9.17, 15) is 4.79 Å². The fourth-order valence-corrected chi connectivity index (χ4v) is 2.17. The van der Waals surface area contributed by atoms with Gasteiger partial charge in [0.25, 0.3) is 0 Å². The third-order valence-corrected chi connectivity index (χ3v) is 3.12. The smallest absolute Gasteiger partial charge is 0.416 e. The van der Waals surface area contributed by atoms with E-state index in [1.165, 1.54) is 11.8 Å². The van der Waals surface area contributed by atoms with E-state index in [1.807, 2.05) is 36.6 Å². The first-order valence-corrected chi connectivity index (χ1v) is 6.60. The minimum atomic E-state index is -0.320. The fraction of sp³-hybridized carbons (Fsp3) is 0.333. The maximum Gasteiger partial charge on any atom is 0.416 e. The van der Waals surface area contributed by atoms with Crippen LogP contribution >= 0.6 is 11.8 Å². The van der Waals surface area contributed by atoms with Crippen molar-refractivity contribution in [3.05, 3.63) is 35.9 Å². The molecule has 0 saturated carbocycles. The van der Waals surface area contributed by atoms with Crippen LogP contribution in [0.25, 0.3) is 0 Å². The highest BCUT2D eigenvalue weighted by Crippen LogP contribution is 2.13. The molecule has 0 N–H and O–H groups in total. The zero-order valence-corrected chi connectivity index (χ0v) is 10.4. The first kappa shape index (κ1) is 12.0. The van der Waals surface area contributed by atoms with Crippen LogP contribution in [0.5, 0.6) is 0 Å². The summed E-state index contributed by atoms with van der Waals surface area (Å²) < 4.78 is 5.24. The van der Waals surface area contributed by atoms with Gasteiger partial charge in [0.05, 0.1) is 13.1 Å².